The van der Waals surface area contributed by atoms with E-state index in [2.05, 4.69) is 26.2 Å². The average molecular weight is 581 g/mol. The highest BCUT2D eigenvalue weighted by Gasteiger charge is 2.34. The second-order valence-corrected chi connectivity index (χ2v) is 10.3. The number of aliphatic hydroxyl groups excluding tert-OH is 1. The van der Waals surface area contributed by atoms with Gasteiger partial charge in [0.1, 0.15) is 24.7 Å². The molecule has 4 amide bonds. The molecule has 5 rings (SSSR count). The van der Waals surface area contributed by atoms with Crippen LogP contribution in [-0.2, 0) is 11.3 Å². The molecule has 0 unspecified atom stereocenters. The van der Waals surface area contributed by atoms with Gasteiger partial charge in [0.15, 0.2) is 11.5 Å². The van der Waals surface area contributed by atoms with Gasteiger partial charge < -0.3 is 39.8 Å². The van der Waals surface area contributed by atoms with E-state index in [9.17, 15) is 19.5 Å². The molecule has 2 aromatic carbocycles. The average Bonchev–Trinajstić information content (AvgIpc) is 3.66. The fraction of sp³-hybridized carbons (Fsp3) is 0.407. The summed E-state index contributed by atoms with van der Waals surface area (Å²) < 4.78 is 18.3. The maximum absolute atomic E-state index is 13.6. The summed E-state index contributed by atoms with van der Waals surface area (Å²) >= 11 is 0. The summed E-state index contributed by atoms with van der Waals surface area (Å²) in [5, 5.41) is 26.2. The van der Waals surface area contributed by atoms with Gasteiger partial charge in [0.2, 0.25) is 12.7 Å². The topological polar surface area (TPSA) is 173 Å². The van der Waals surface area contributed by atoms with E-state index in [1.54, 1.807) is 49.2 Å². The van der Waals surface area contributed by atoms with Crippen molar-refractivity contribution in [2.24, 2.45) is 5.92 Å². The highest BCUT2D eigenvalue weighted by atomic mass is 16.7. The van der Waals surface area contributed by atoms with Crippen molar-refractivity contribution in [1.29, 1.82) is 0 Å². The van der Waals surface area contributed by atoms with Crippen molar-refractivity contribution in [3.63, 3.8) is 0 Å². The van der Waals surface area contributed by atoms with E-state index in [-0.39, 0.29) is 62.4 Å². The molecule has 15 heteroatoms. The number of benzene rings is 2. The molecular formula is C27H32N8O7. The number of amides is 4. The van der Waals surface area contributed by atoms with Crippen molar-refractivity contribution in [1.82, 2.24) is 30.0 Å². The molecule has 0 aliphatic carbocycles. The first-order chi connectivity index (χ1) is 20.2. The highest BCUT2D eigenvalue weighted by Crippen LogP contribution is 2.34. The minimum atomic E-state index is -0.502. The molecule has 0 saturated carbocycles. The van der Waals surface area contributed by atoms with Gasteiger partial charge in [-0.1, -0.05) is 6.92 Å². The number of likely N-dealkylation sites (N-methyl/N-ethyl adjacent to an activating group) is 1. The molecule has 0 fully saturated rings. The van der Waals surface area contributed by atoms with Crippen molar-refractivity contribution in [2.75, 3.05) is 44.2 Å². The molecule has 3 atom stereocenters. The monoisotopic (exact) mass is 580 g/mol. The first kappa shape index (κ1) is 28.6. The molecule has 3 aromatic rings. The molecular weight excluding hydrogens is 548 g/mol. The number of aromatic nitrogens is 4. The van der Waals surface area contributed by atoms with Crippen molar-refractivity contribution in [3.8, 4) is 17.2 Å². The third-order valence-corrected chi connectivity index (χ3v) is 7.07. The quantitative estimate of drug-likeness (QED) is 0.354. The second kappa shape index (κ2) is 12.3. The van der Waals surface area contributed by atoms with Gasteiger partial charge in [0.05, 0.1) is 24.8 Å². The lowest BCUT2D eigenvalue weighted by molar-refractivity contribution is -0.116. The van der Waals surface area contributed by atoms with Gasteiger partial charge in [-0.2, -0.15) is 0 Å². The lowest BCUT2D eigenvalue weighted by atomic mass is 9.99. The zero-order valence-corrected chi connectivity index (χ0v) is 23.4. The van der Waals surface area contributed by atoms with Crippen LogP contribution in [-0.4, -0.2) is 98.6 Å². The predicted octanol–water partition coefficient (Wildman–Crippen LogP) is 1.42. The maximum Gasteiger partial charge on any atom is 0.321 e. The molecule has 2 aliphatic rings. The number of ether oxygens (including phenoxy) is 3. The summed E-state index contributed by atoms with van der Waals surface area (Å²) in [6.45, 7) is 3.95. The van der Waals surface area contributed by atoms with Crippen LogP contribution in [0.25, 0.3) is 0 Å². The number of nitrogens with one attached hydrogen (secondary N) is 2. The molecule has 0 radical (unpaired) electrons. The third kappa shape index (κ3) is 6.35. The smallest absolute Gasteiger partial charge is 0.321 e. The SMILES string of the molecule is C[C@H](CO)N1C[C@H](C)[C@H](CN(C)C(=O)Nc2ccc3c(c2)OCO3)Oc2ccc(NC(=O)Cn3cnnn3)cc2C1=O. The van der Waals surface area contributed by atoms with Crippen LogP contribution in [0, 0.1) is 5.92 Å². The Labute approximate surface area is 241 Å². The summed E-state index contributed by atoms with van der Waals surface area (Å²) in [7, 11) is 1.65. The second-order valence-electron chi connectivity index (χ2n) is 10.3. The minimum absolute atomic E-state index is 0.109. The van der Waals surface area contributed by atoms with Crippen LogP contribution >= 0.6 is 0 Å². The number of nitrogens with zero attached hydrogens (tertiary/aromatic N) is 6. The van der Waals surface area contributed by atoms with Crippen LogP contribution in [0.5, 0.6) is 17.2 Å². The number of fused-ring (bicyclic) bond motifs is 2. The van der Waals surface area contributed by atoms with E-state index in [1.165, 1.54) is 22.0 Å². The molecule has 42 heavy (non-hydrogen) atoms. The molecule has 1 aromatic heterocycles. The van der Waals surface area contributed by atoms with Gasteiger partial charge in [-0.25, -0.2) is 9.48 Å². The largest absolute Gasteiger partial charge is 0.487 e. The fourth-order valence-electron chi connectivity index (χ4n) is 4.66. The Morgan fingerprint density at radius 1 is 1.12 bits per heavy atom. The number of hydrogen-bond donors (Lipinski definition) is 3. The molecule has 0 spiro atoms. The van der Waals surface area contributed by atoms with E-state index in [0.717, 1.165) is 0 Å². The Morgan fingerprint density at radius 2 is 1.86 bits per heavy atom. The van der Waals surface area contributed by atoms with Crippen LogP contribution in [0.4, 0.5) is 16.2 Å². The van der Waals surface area contributed by atoms with Crippen LogP contribution in [0.15, 0.2) is 42.7 Å². The molecule has 2 aliphatic heterocycles. The summed E-state index contributed by atoms with van der Waals surface area (Å²) in [6, 6.07) is 9.09. The van der Waals surface area contributed by atoms with Gasteiger partial charge >= 0.3 is 6.03 Å². The molecule has 3 N–H and O–H groups in total. The van der Waals surface area contributed by atoms with Crippen LogP contribution in [0.2, 0.25) is 0 Å². The number of aliphatic hydroxyl groups is 1. The predicted molar refractivity (Wildman–Crippen MR) is 148 cm³/mol. The number of hydrogen-bond acceptors (Lipinski definition) is 10. The van der Waals surface area contributed by atoms with Crippen LogP contribution in [0.3, 0.4) is 0 Å². The standard InChI is InChI=1S/C27H32N8O7/c1-16-10-35(17(2)13-36)26(38)20-8-18(29-25(37)12-34-14-28-31-32-34)4-6-21(20)42-24(16)11-33(3)27(39)30-19-5-7-22-23(9-19)41-15-40-22/h4-9,14,16-17,24,36H,10-13,15H2,1-3H3,(H,29,37)(H,30,39)/t16-,17+,24-/m0/s1. The van der Waals surface area contributed by atoms with Gasteiger partial charge in [-0.05, 0) is 47.7 Å². The van der Waals surface area contributed by atoms with E-state index < -0.39 is 12.1 Å². The molecule has 15 nitrogen and oxygen atoms in total. The fourth-order valence-corrected chi connectivity index (χ4v) is 4.66. The highest BCUT2D eigenvalue weighted by molar-refractivity contribution is 6.00. The number of anilines is 2. The first-order valence-electron chi connectivity index (χ1n) is 13.4. The van der Waals surface area contributed by atoms with E-state index in [0.29, 0.717) is 28.6 Å². The Kier molecular flexibility index (Phi) is 8.38. The van der Waals surface area contributed by atoms with Crippen molar-refractivity contribution < 1.29 is 33.7 Å². The van der Waals surface area contributed by atoms with Crippen molar-refractivity contribution in [2.45, 2.75) is 32.5 Å². The maximum atomic E-state index is 13.6. The van der Waals surface area contributed by atoms with E-state index in [4.69, 9.17) is 14.2 Å². The minimum Gasteiger partial charge on any atom is -0.487 e. The number of carbonyl (C=O) groups excluding carboxylic acids is 3. The molecule has 0 saturated heterocycles. The molecule has 0 bridgehead atoms. The normalized spacial score (nSPS) is 18.3. The van der Waals surface area contributed by atoms with Gasteiger partial charge in [0.25, 0.3) is 5.91 Å². The Bertz CT molecular complexity index is 1450. The lowest BCUT2D eigenvalue weighted by Gasteiger charge is -2.38. The van der Waals surface area contributed by atoms with Crippen LogP contribution < -0.4 is 24.8 Å². The molecule has 3 heterocycles. The number of carbonyl (C=O) groups is 3. The zero-order valence-electron chi connectivity index (χ0n) is 23.4. The summed E-state index contributed by atoms with van der Waals surface area (Å²) in [5.74, 6) is 0.536. The van der Waals surface area contributed by atoms with Crippen molar-refractivity contribution >= 4 is 29.2 Å². The van der Waals surface area contributed by atoms with Gasteiger partial charge in [-0.3, -0.25) is 9.59 Å². The lowest BCUT2D eigenvalue weighted by Crippen LogP contribution is -2.50. The van der Waals surface area contributed by atoms with Gasteiger partial charge in [-0.15, -0.1) is 5.10 Å². The van der Waals surface area contributed by atoms with Gasteiger partial charge in [0, 0.05) is 37.0 Å². The Balaban J connectivity index is 1.33. The molecule has 222 valence electrons. The van der Waals surface area contributed by atoms with Crippen molar-refractivity contribution in [3.05, 3.63) is 48.3 Å². The Hall–Kier alpha value is -4.92. The van der Waals surface area contributed by atoms with E-state index >= 15 is 0 Å². The zero-order chi connectivity index (χ0) is 29.8. The van der Waals surface area contributed by atoms with Crippen LogP contribution in [0.1, 0.15) is 24.2 Å². The van der Waals surface area contributed by atoms with E-state index in [1.807, 2.05) is 6.92 Å². The Morgan fingerprint density at radius 3 is 2.60 bits per heavy atom. The third-order valence-electron chi connectivity index (χ3n) is 7.07. The number of tetrazole rings is 1. The number of urea groups is 1. The number of rotatable bonds is 8. The summed E-state index contributed by atoms with van der Waals surface area (Å²) in [4.78, 5) is 42.3. The first-order valence-corrected chi connectivity index (χ1v) is 13.4. The summed E-state index contributed by atoms with van der Waals surface area (Å²) in [6.07, 6.45) is 0.817. The summed E-state index contributed by atoms with van der Waals surface area (Å²) in [5.41, 5.74) is 1.15.